The van der Waals surface area contributed by atoms with Gasteiger partial charge in [-0.15, -0.1) is 0 Å². The van der Waals surface area contributed by atoms with Gasteiger partial charge in [0, 0.05) is 54.1 Å². The molecule has 2 aliphatic carbocycles. The van der Waals surface area contributed by atoms with Gasteiger partial charge in [0.05, 0.1) is 18.4 Å². The SMILES string of the molecule is COc1ccc2c(c1)C1CC1(S(=O)(=O)N1C[C@@H]3CC1CN3C)Cn1c-2c(C2CCCCC2)c2ccc(C(=O)O)cc21. The summed E-state index contributed by atoms with van der Waals surface area (Å²) in [5.74, 6) is -0.00347. The lowest BCUT2D eigenvalue weighted by Gasteiger charge is -2.34. The smallest absolute Gasteiger partial charge is 0.335 e. The summed E-state index contributed by atoms with van der Waals surface area (Å²) in [6.45, 7) is 1.67. The molecule has 1 aromatic heterocycles. The Hall–Kier alpha value is -2.88. The van der Waals surface area contributed by atoms with Crippen molar-refractivity contribution in [3.8, 4) is 17.0 Å². The summed E-state index contributed by atoms with van der Waals surface area (Å²) in [6.07, 6.45) is 7.23. The highest BCUT2D eigenvalue weighted by molar-refractivity contribution is 7.91. The van der Waals surface area contributed by atoms with Gasteiger partial charge < -0.3 is 19.3 Å². The first-order chi connectivity index (χ1) is 19.7. The number of rotatable bonds is 5. The summed E-state index contributed by atoms with van der Waals surface area (Å²) in [5, 5.41) is 11.0. The number of benzene rings is 2. The predicted molar refractivity (Wildman–Crippen MR) is 157 cm³/mol. The van der Waals surface area contributed by atoms with Crippen LogP contribution in [-0.4, -0.2) is 77.3 Å². The maximum Gasteiger partial charge on any atom is 0.335 e. The number of likely N-dealkylation sites (tertiary alicyclic amines) is 1. The van der Waals surface area contributed by atoms with Gasteiger partial charge in [0.25, 0.3) is 0 Å². The number of carboxylic acids is 1. The van der Waals surface area contributed by atoms with E-state index in [2.05, 4.69) is 28.6 Å². The molecule has 0 radical (unpaired) electrons. The number of ether oxygens (including phenoxy) is 1. The van der Waals surface area contributed by atoms with Gasteiger partial charge in [-0.2, -0.15) is 4.31 Å². The molecule has 216 valence electrons. The highest BCUT2D eigenvalue weighted by atomic mass is 32.2. The summed E-state index contributed by atoms with van der Waals surface area (Å²) in [6, 6.07) is 11.9. The fraction of sp³-hybridized carbons (Fsp3) is 0.531. The lowest BCUT2D eigenvalue weighted by atomic mass is 9.81. The maximum absolute atomic E-state index is 14.8. The van der Waals surface area contributed by atoms with Crippen LogP contribution in [0.4, 0.5) is 0 Å². The van der Waals surface area contributed by atoms with Gasteiger partial charge in [-0.05, 0) is 80.1 Å². The summed E-state index contributed by atoms with van der Waals surface area (Å²) in [7, 11) is 0.0949. The van der Waals surface area contributed by atoms with Crippen molar-refractivity contribution in [2.45, 2.75) is 80.2 Å². The van der Waals surface area contributed by atoms with E-state index in [9.17, 15) is 18.3 Å². The number of nitrogens with zero attached hydrogens (tertiary/aromatic N) is 3. The molecule has 5 aliphatic rings. The molecular formula is C32H37N3O5S. The zero-order valence-corrected chi connectivity index (χ0v) is 24.5. The van der Waals surface area contributed by atoms with E-state index in [-0.39, 0.29) is 23.6 Å². The molecule has 2 saturated carbocycles. The summed E-state index contributed by atoms with van der Waals surface area (Å²) >= 11 is 0. The monoisotopic (exact) mass is 575 g/mol. The Morgan fingerprint density at radius 1 is 1.05 bits per heavy atom. The van der Waals surface area contributed by atoms with Crippen LogP contribution in [0.1, 0.15) is 78.3 Å². The molecule has 41 heavy (non-hydrogen) atoms. The van der Waals surface area contributed by atoms with Gasteiger partial charge in [-0.3, -0.25) is 0 Å². The van der Waals surface area contributed by atoms with Crippen molar-refractivity contribution in [1.82, 2.24) is 13.8 Å². The Balaban J connectivity index is 1.38. The van der Waals surface area contributed by atoms with Crippen molar-refractivity contribution in [2.75, 3.05) is 27.2 Å². The van der Waals surface area contributed by atoms with E-state index in [0.29, 0.717) is 25.4 Å². The predicted octanol–water partition coefficient (Wildman–Crippen LogP) is 5.02. The van der Waals surface area contributed by atoms with Gasteiger partial charge in [0.1, 0.15) is 10.5 Å². The Morgan fingerprint density at radius 2 is 1.85 bits per heavy atom. The maximum atomic E-state index is 14.8. The van der Waals surface area contributed by atoms with Crippen LogP contribution in [0.25, 0.3) is 22.2 Å². The molecule has 3 unspecified atom stereocenters. The fourth-order valence-electron chi connectivity index (χ4n) is 8.79. The molecule has 8 rings (SSSR count). The lowest BCUT2D eigenvalue weighted by molar-refractivity contribution is 0.0697. The second-order valence-electron chi connectivity index (χ2n) is 13.1. The molecule has 2 bridgehead atoms. The van der Waals surface area contributed by atoms with Crippen LogP contribution < -0.4 is 4.74 Å². The number of sulfonamides is 1. The van der Waals surface area contributed by atoms with Crippen LogP contribution >= 0.6 is 0 Å². The number of piperazine rings is 1. The molecule has 3 aromatic rings. The summed E-state index contributed by atoms with van der Waals surface area (Å²) in [5.41, 5.74) is 5.53. The summed E-state index contributed by atoms with van der Waals surface area (Å²) < 4.78 is 38.2. The second-order valence-corrected chi connectivity index (χ2v) is 15.3. The van der Waals surface area contributed by atoms with E-state index in [4.69, 9.17) is 4.74 Å². The van der Waals surface area contributed by atoms with Crippen LogP contribution in [0.15, 0.2) is 36.4 Å². The first-order valence-electron chi connectivity index (χ1n) is 15.0. The number of aromatic nitrogens is 1. The lowest BCUT2D eigenvalue weighted by Crippen LogP contribution is -2.52. The number of methoxy groups -OCH3 is 1. The number of likely N-dealkylation sites (N-methyl/N-ethyl adjacent to an activating group) is 1. The molecule has 2 saturated heterocycles. The van der Waals surface area contributed by atoms with Crippen LogP contribution in [0.2, 0.25) is 0 Å². The molecule has 8 nitrogen and oxygen atoms in total. The standard InChI is InChI=1S/C32H37N3O5S/c1-33-16-22-13-21(33)17-35(22)41(38,39)32-15-27(32)26-14-23(40-2)9-11-24(26)30-29(19-6-4-3-5-7-19)25-10-8-20(31(36)37)12-28(25)34(30)18-32/h8-12,14,19,21-22,27H,3-7,13,15-18H2,1-2H3,(H,36,37)/t21-,22?,27?,32?/m0/s1. The number of hydrogen-bond acceptors (Lipinski definition) is 5. The topological polar surface area (TPSA) is 92.1 Å². The minimum atomic E-state index is -3.65. The molecule has 0 spiro atoms. The minimum absolute atomic E-state index is 0.0240. The van der Waals surface area contributed by atoms with Crippen LogP contribution in [0.5, 0.6) is 5.75 Å². The third-order valence-electron chi connectivity index (χ3n) is 11.0. The Kier molecular flexibility index (Phi) is 5.55. The third kappa shape index (κ3) is 3.52. The van der Waals surface area contributed by atoms with E-state index in [0.717, 1.165) is 59.3 Å². The summed E-state index contributed by atoms with van der Waals surface area (Å²) in [4.78, 5) is 14.4. The number of hydrogen-bond donors (Lipinski definition) is 1. The largest absolute Gasteiger partial charge is 0.497 e. The molecule has 4 atom stereocenters. The highest BCUT2D eigenvalue weighted by Crippen LogP contribution is 2.64. The number of carboxylic acid groups (broad SMARTS) is 1. The molecule has 3 aliphatic heterocycles. The van der Waals surface area contributed by atoms with E-state index in [1.54, 1.807) is 19.2 Å². The van der Waals surface area contributed by atoms with E-state index in [1.165, 1.54) is 24.8 Å². The normalized spacial score (nSPS) is 29.7. The quantitative estimate of drug-likeness (QED) is 0.459. The zero-order chi connectivity index (χ0) is 28.3. The number of aromatic carboxylic acids is 1. The number of carbonyl (C=O) groups is 1. The van der Waals surface area contributed by atoms with E-state index >= 15 is 0 Å². The number of fused-ring (bicyclic) bond motifs is 9. The Bertz CT molecular complexity index is 1710. The molecule has 0 amide bonds. The molecule has 2 aromatic carbocycles. The van der Waals surface area contributed by atoms with Crippen molar-refractivity contribution in [3.63, 3.8) is 0 Å². The van der Waals surface area contributed by atoms with Gasteiger partial charge >= 0.3 is 5.97 Å². The van der Waals surface area contributed by atoms with Crippen molar-refractivity contribution in [2.24, 2.45) is 0 Å². The second kappa shape index (κ2) is 8.82. The van der Waals surface area contributed by atoms with Gasteiger partial charge in [0.15, 0.2) is 0 Å². The first kappa shape index (κ1) is 25.8. The van der Waals surface area contributed by atoms with Gasteiger partial charge in [-0.1, -0.05) is 25.3 Å². The average Bonchev–Trinajstić information content (AvgIpc) is 3.24. The van der Waals surface area contributed by atoms with Crippen molar-refractivity contribution >= 4 is 26.9 Å². The van der Waals surface area contributed by atoms with Gasteiger partial charge in [0.2, 0.25) is 10.0 Å². The van der Waals surface area contributed by atoms with Crippen molar-refractivity contribution in [3.05, 3.63) is 53.1 Å². The van der Waals surface area contributed by atoms with E-state index < -0.39 is 20.7 Å². The molecule has 4 fully saturated rings. The fourth-order valence-corrected chi connectivity index (χ4v) is 11.3. The first-order valence-corrected chi connectivity index (χ1v) is 16.5. The zero-order valence-electron chi connectivity index (χ0n) is 23.7. The van der Waals surface area contributed by atoms with Crippen LogP contribution in [-0.2, 0) is 16.6 Å². The van der Waals surface area contributed by atoms with E-state index in [1.807, 2.05) is 16.4 Å². The average molecular weight is 576 g/mol. The molecule has 1 N–H and O–H groups in total. The highest BCUT2D eigenvalue weighted by Gasteiger charge is 2.69. The third-order valence-corrected chi connectivity index (χ3v) is 13.7. The van der Waals surface area contributed by atoms with Crippen LogP contribution in [0, 0.1) is 0 Å². The van der Waals surface area contributed by atoms with Crippen molar-refractivity contribution < 1.29 is 23.1 Å². The molecule has 4 heterocycles. The Morgan fingerprint density at radius 3 is 2.54 bits per heavy atom. The van der Waals surface area contributed by atoms with Gasteiger partial charge in [-0.25, -0.2) is 13.2 Å². The van der Waals surface area contributed by atoms with Crippen molar-refractivity contribution in [1.29, 1.82) is 0 Å². The molecule has 9 heteroatoms. The molecular weight excluding hydrogens is 538 g/mol. The Labute approximate surface area is 240 Å². The van der Waals surface area contributed by atoms with Crippen LogP contribution in [0.3, 0.4) is 0 Å². The minimum Gasteiger partial charge on any atom is -0.497 e.